The minimum atomic E-state index is -0.280. The fraction of sp³-hybridized carbons (Fsp3) is 0.269. The van der Waals surface area contributed by atoms with Crippen molar-refractivity contribution in [1.82, 2.24) is 25.1 Å². The molecule has 2 heterocycles. The number of carbonyl (C=O) groups excluding carboxylic acids is 2. The van der Waals surface area contributed by atoms with Crippen LogP contribution in [0.5, 0.6) is 5.75 Å². The number of hydrogen-bond donors (Lipinski definition) is 2. The Bertz CT molecular complexity index is 1370. The molecule has 10 nitrogen and oxygen atoms in total. The minimum Gasteiger partial charge on any atom is -0.484 e. The molecule has 0 aliphatic rings. The Morgan fingerprint density at radius 1 is 1.00 bits per heavy atom. The molecule has 0 unspecified atom stereocenters. The molecule has 2 aromatic carbocycles. The average Bonchev–Trinajstić information content (AvgIpc) is 3.37. The maximum Gasteiger partial charge on any atom is 0.262 e. The van der Waals surface area contributed by atoms with Crippen molar-refractivity contribution in [3.8, 4) is 17.2 Å². The molecule has 0 saturated heterocycles. The van der Waals surface area contributed by atoms with Gasteiger partial charge in [0.05, 0.1) is 6.54 Å². The van der Waals surface area contributed by atoms with Crippen molar-refractivity contribution in [3.05, 3.63) is 77.2 Å². The zero-order valence-corrected chi connectivity index (χ0v) is 20.7. The summed E-state index contributed by atoms with van der Waals surface area (Å²) in [6.45, 7) is 7.54. The standard InChI is InChI=1S/C26H28N6O4/c1-16-8-10-22(11-9-16)35-15-25(34)29-21-7-5-6-20(12-21)26-30-23(17(2)36-26)13-27-24(33)14-32-19(4)28-18(3)31-32/h5-12H,13-15H2,1-4H3,(H,27,33)(H,29,34). The van der Waals surface area contributed by atoms with E-state index in [1.165, 1.54) is 0 Å². The van der Waals surface area contributed by atoms with Gasteiger partial charge in [0, 0.05) is 11.3 Å². The Kier molecular flexibility index (Phi) is 7.43. The van der Waals surface area contributed by atoms with Crippen LogP contribution in [0.15, 0.2) is 52.9 Å². The van der Waals surface area contributed by atoms with Crippen LogP contribution in [-0.2, 0) is 22.7 Å². The topological polar surface area (TPSA) is 124 Å². The highest BCUT2D eigenvalue weighted by molar-refractivity contribution is 5.92. The van der Waals surface area contributed by atoms with E-state index in [1.54, 1.807) is 43.7 Å². The second-order valence-electron chi connectivity index (χ2n) is 8.39. The molecule has 0 saturated carbocycles. The number of rotatable bonds is 9. The molecule has 0 atom stereocenters. The monoisotopic (exact) mass is 488 g/mol. The van der Waals surface area contributed by atoms with Crippen molar-refractivity contribution in [2.75, 3.05) is 11.9 Å². The molecule has 0 spiro atoms. The number of nitrogens with one attached hydrogen (secondary N) is 2. The number of aryl methyl sites for hydroxylation is 4. The van der Waals surface area contributed by atoms with Gasteiger partial charge in [-0.2, -0.15) is 5.10 Å². The van der Waals surface area contributed by atoms with E-state index in [9.17, 15) is 9.59 Å². The van der Waals surface area contributed by atoms with Crippen molar-refractivity contribution in [2.45, 2.75) is 40.8 Å². The summed E-state index contributed by atoms with van der Waals surface area (Å²) in [6.07, 6.45) is 0. The summed E-state index contributed by atoms with van der Waals surface area (Å²) in [5.41, 5.74) is 3.02. The van der Waals surface area contributed by atoms with Gasteiger partial charge in [0.1, 0.15) is 35.4 Å². The number of hydrogen-bond acceptors (Lipinski definition) is 7. The van der Waals surface area contributed by atoms with E-state index in [1.807, 2.05) is 37.3 Å². The third-order valence-electron chi connectivity index (χ3n) is 5.39. The lowest BCUT2D eigenvalue weighted by atomic mass is 10.2. The van der Waals surface area contributed by atoms with Gasteiger partial charge in [-0.15, -0.1) is 0 Å². The number of oxazole rings is 1. The first kappa shape index (κ1) is 24.6. The predicted molar refractivity (Wildman–Crippen MR) is 133 cm³/mol. The van der Waals surface area contributed by atoms with E-state index >= 15 is 0 Å². The van der Waals surface area contributed by atoms with Crippen LogP contribution in [0.3, 0.4) is 0 Å². The number of anilines is 1. The minimum absolute atomic E-state index is 0.0752. The van der Waals surface area contributed by atoms with Crippen LogP contribution in [-0.4, -0.2) is 38.2 Å². The van der Waals surface area contributed by atoms with E-state index in [2.05, 4.69) is 25.7 Å². The lowest BCUT2D eigenvalue weighted by Crippen LogP contribution is -2.28. The predicted octanol–water partition coefficient (Wildman–Crippen LogP) is 3.50. The maximum atomic E-state index is 12.3. The van der Waals surface area contributed by atoms with Crippen LogP contribution in [0.2, 0.25) is 0 Å². The number of amides is 2. The second-order valence-corrected chi connectivity index (χ2v) is 8.39. The Hall–Kier alpha value is -4.47. The Morgan fingerprint density at radius 2 is 1.78 bits per heavy atom. The highest BCUT2D eigenvalue weighted by Gasteiger charge is 2.14. The Labute approximate surface area is 208 Å². The van der Waals surface area contributed by atoms with Gasteiger partial charge in [-0.3, -0.25) is 9.59 Å². The number of benzene rings is 2. The van der Waals surface area contributed by atoms with Gasteiger partial charge in [-0.25, -0.2) is 14.6 Å². The van der Waals surface area contributed by atoms with Crippen LogP contribution < -0.4 is 15.4 Å². The molecule has 2 amide bonds. The van der Waals surface area contributed by atoms with E-state index in [0.717, 1.165) is 5.56 Å². The summed E-state index contributed by atoms with van der Waals surface area (Å²) in [6, 6.07) is 14.7. The Balaban J connectivity index is 1.34. The number of aromatic nitrogens is 4. The van der Waals surface area contributed by atoms with Gasteiger partial charge in [-0.1, -0.05) is 23.8 Å². The lowest BCUT2D eigenvalue weighted by molar-refractivity contribution is -0.122. The molecule has 0 fully saturated rings. The van der Waals surface area contributed by atoms with Gasteiger partial charge in [0.15, 0.2) is 6.61 Å². The first-order chi connectivity index (χ1) is 17.3. The third kappa shape index (κ3) is 6.35. The smallest absolute Gasteiger partial charge is 0.262 e. The molecule has 0 aliphatic heterocycles. The van der Waals surface area contributed by atoms with Gasteiger partial charge in [0.2, 0.25) is 11.8 Å². The fourth-order valence-electron chi connectivity index (χ4n) is 3.51. The Morgan fingerprint density at radius 3 is 2.50 bits per heavy atom. The molecule has 4 rings (SSSR count). The summed E-state index contributed by atoms with van der Waals surface area (Å²) in [5.74, 6) is 2.43. The molecule has 0 radical (unpaired) electrons. The van der Waals surface area contributed by atoms with E-state index in [4.69, 9.17) is 9.15 Å². The third-order valence-corrected chi connectivity index (χ3v) is 5.39. The van der Waals surface area contributed by atoms with Crippen molar-refractivity contribution in [2.24, 2.45) is 0 Å². The maximum absolute atomic E-state index is 12.3. The molecular formula is C26H28N6O4. The zero-order chi connectivity index (χ0) is 25.7. The summed E-state index contributed by atoms with van der Waals surface area (Å²) in [4.78, 5) is 33.4. The molecule has 0 aliphatic carbocycles. The SMILES string of the molecule is Cc1ccc(OCC(=O)Nc2cccc(-c3nc(CNC(=O)Cn4nc(C)nc4C)c(C)o3)c2)cc1. The van der Waals surface area contributed by atoms with Crippen molar-refractivity contribution >= 4 is 17.5 Å². The average molecular weight is 489 g/mol. The number of nitrogens with zero attached hydrogens (tertiary/aromatic N) is 4. The van der Waals surface area contributed by atoms with Gasteiger partial charge < -0.3 is 19.8 Å². The van der Waals surface area contributed by atoms with E-state index in [0.29, 0.717) is 46.0 Å². The zero-order valence-electron chi connectivity index (χ0n) is 20.7. The summed E-state index contributed by atoms with van der Waals surface area (Å²) in [5, 5.41) is 9.86. The van der Waals surface area contributed by atoms with E-state index in [-0.39, 0.29) is 31.5 Å². The normalized spacial score (nSPS) is 10.8. The van der Waals surface area contributed by atoms with Crippen LogP contribution in [0, 0.1) is 27.7 Å². The first-order valence-corrected chi connectivity index (χ1v) is 11.5. The van der Waals surface area contributed by atoms with Gasteiger partial charge >= 0.3 is 0 Å². The number of carbonyl (C=O) groups is 2. The summed E-state index contributed by atoms with van der Waals surface area (Å²) < 4.78 is 12.9. The lowest BCUT2D eigenvalue weighted by Gasteiger charge is -2.08. The highest BCUT2D eigenvalue weighted by atomic mass is 16.5. The van der Waals surface area contributed by atoms with Crippen molar-refractivity contribution < 1.29 is 18.7 Å². The van der Waals surface area contributed by atoms with Crippen LogP contribution >= 0.6 is 0 Å². The molecule has 186 valence electrons. The largest absolute Gasteiger partial charge is 0.484 e. The number of ether oxygens (including phenoxy) is 1. The first-order valence-electron chi connectivity index (χ1n) is 11.5. The van der Waals surface area contributed by atoms with Crippen molar-refractivity contribution in [3.63, 3.8) is 0 Å². The molecule has 36 heavy (non-hydrogen) atoms. The fourth-order valence-corrected chi connectivity index (χ4v) is 3.51. The highest BCUT2D eigenvalue weighted by Crippen LogP contribution is 2.24. The van der Waals surface area contributed by atoms with Crippen LogP contribution in [0.1, 0.15) is 28.7 Å². The molecule has 2 N–H and O–H groups in total. The van der Waals surface area contributed by atoms with Crippen LogP contribution in [0.4, 0.5) is 5.69 Å². The van der Waals surface area contributed by atoms with Crippen molar-refractivity contribution in [1.29, 1.82) is 0 Å². The quantitative estimate of drug-likeness (QED) is 0.369. The molecule has 2 aromatic heterocycles. The second kappa shape index (κ2) is 10.9. The van der Waals surface area contributed by atoms with Gasteiger partial charge in [-0.05, 0) is 58.0 Å². The summed E-state index contributed by atoms with van der Waals surface area (Å²) >= 11 is 0. The molecule has 4 aromatic rings. The summed E-state index contributed by atoms with van der Waals surface area (Å²) in [7, 11) is 0. The van der Waals surface area contributed by atoms with E-state index < -0.39 is 0 Å². The molecule has 10 heteroatoms. The molecular weight excluding hydrogens is 460 g/mol. The van der Waals surface area contributed by atoms with Gasteiger partial charge in [0.25, 0.3) is 5.91 Å². The molecule has 0 bridgehead atoms. The van der Waals surface area contributed by atoms with Crippen LogP contribution in [0.25, 0.3) is 11.5 Å².